The lowest BCUT2D eigenvalue weighted by molar-refractivity contribution is -0.133. The van der Waals surface area contributed by atoms with Gasteiger partial charge in [-0.1, -0.05) is 32.9 Å². The predicted octanol–water partition coefficient (Wildman–Crippen LogP) is 1.72. The molecule has 0 aliphatic carbocycles. The van der Waals surface area contributed by atoms with E-state index in [2.05, 4.69) is 34.6 Å². The SMILES string of the molecule is CN=C(NCc1cc(C(C)C)no1)NC1CCN(C(=O)C(C)C)C1. The largest absolute Gasteiger partial charge is 0.359 e. The van der Waals surface area contributed by atoms with Crippen molar-refractivity contribution in [1.82, 2.24) is 20.7 Å². The first-order chi connectivity index (χ1) is 11.4. The molecule has 0 radical (unpaired) electrons. The molecular formula is C17H29N5O2. The van der Waals surface area contributed by atoms with Gasteiger partial charge in [-0.15, -0.1) is 0 Å². The van der Waals surface area contributed by atoms with E-state index >= 15 is 0 Å². The molecule has 24 heavy (non-hydrogen) atoms. The van der Waals surface area contributed by atoms with Gasteiger partial charge in [-0.2, -0.15) is 0 Å². The third-order valence-corrected chi connectivity index (χ3v) is 4.16. The van der Waals surface area contributed by atoms with Gasteiger partial charge in [0.05, 0.1) is 12.2 Å². The number of hydrogen-bond acceptors (Lipinski definition) is 4. The molecule has 2 heterocycles. The van der Waals surface area contributed by atoms with Crippen LogP contribution >= 0.6 is 0 Å². The molecule has 1 aliphatic heterocycles. The van der Waals surface area contributed by atoms with Gasteiger partial charge in [0.1, 0.15) is 0 Å². The first-order valence-electron chi connectivity index (χ1n) is 8.62. The fourth-order valence-corrected chi connectivity index (χ4v) is 2.69. The Kier molecular flexibility index (Phi) is 6.23. The van der Waals surface area contributed by atoms with Crippen LogP contribution in [0.25, 0.3) is 0 Å². The van der Waals surface area contributed by atoms with E-state index in [4.69, 9.17) is 4.52 Å². The second-order valence-electron chi connectivity index (χ2n) is 6.87. The Morgan fingerprint density at radius 2 is 2.21 bits per heavy atom. The molecule has 2 N–H and O–H groups in total. The minimum Gasteiger partial charge on any atom is -0.359 e. The maximum absolute atomic E-state index is 12.0. The molecule has 1 saturated heterocycles. The van der Waals surface area contributed by atoms with E-state index in [1.165, 1.54) is 0 Å². The summed E-state index contributed by atoms with van der Waals surface area (Å²) in [5, 5.41) is 10.7. The summed E-state index contributed by atoms with van der Waals surface area (Å²) in [6.07, 6.45) is 0.930. The van der Waals surface area contributed by atoms with Gasteiger partial charge in [-0.05, 0) is 12.3 Å². The number of likely N-dealkylation sites (tertiary alicyclic amines) is 1. The topological polar surface area (TPSA) is 82.8 Å². The molecule has 1 aliphatic rings. The van der Waals surface area contributed by atoms with E-state index in [1.54, 1.807) is 7.05 Å². The molecule has 1 fully saturated rings. The van der Waals surface area contributed by atoms with Crippen molar-refractivity contribution in [3.8, 4) is 0 Å². The summed E-state index contributed by atoms with van der Waals surface area (Å²) >= 11 is 0. The number of carbonyl (C=O) groups is 1. The lowest BCUT2D eigenvalue weighted by Crippen LogP contribution is -2.45. The van der Waals surface area contributed by atoms with Crippen molar-refractivity contribution in [2.24, 2.45) is 10.9 Å². The van der Waals surface area contributed by atoms with Gasteiger partial charge < -0.3 is 20.1 Å². The standard InChI is InChI=1S/C17H29N5O2/c1-11(2)15-8-14(24-21-15)9-19-17(18-5)20-13-6-7-22(10-13)16(23)12(3)4/h8,11-13H,6-7,9-10H2,1-5H3,(H2,18,19,20). The van der Waals surface area contributed by atoms with Crippen LogP contribution in [-0.2, 0) is 11.3 Å². The molecule has 1 amide bonds. The number of hydrogen-bond donors (Lipinski definition) is 2. The fourth-order valence-electron chi connectivity index (χ4n) is 2.69. The quantitative estimate of drug-likeness (QED) is 0.632. The summed E-state index contributed by atoms with van der Waals surface area (Å²) in [5.41, 5.74) is 0.952. The van der Waals surface area contributed by atoms with Gasteiger partial charge >= 0.3 is 0 Å². The van der Waals surface area contributed by atoms with Gasteiger partial charge in [-0.3, -0.25) is 9.79 Å². The zero-order chi connectivity index (χ0) is 17.7. The molecule has 0 saturated carbocycles. The normalized spacial score (nSPS) is 18.5. The number of carbonyl (C=O) groups excluding carboxylic acids is 1. The average Bonchev–Trinajstić information content (AvgIpc) is 3.19. The number of aliphatic imine (C=N–C) groups is 1. The van der Waals surface area contributed by atoms with Crippen molar-refractivity contribution in [3.05, 3.63) is 17.5 Å². The van der Waals surface area contributed by atoms with Crippen LogP contribution in [0.2, 0.25) is 0 Å². The summed E-state index contributed by atoms with van der Waals surface area (Å²) in [5.74, 6) is 2.10. The van der Waals surface area contributed by atoms with Crippen molar-refractivity contribution in [2.75, 3.05) is 20.1 Å². The summed E-state index contributed by atoms with van der Waals surface area (Å²) in [6.45, 7) is 10.1. The second kappa shape index (κ2) is 8.17. The smallest absolute Gasteiger partial charge is 0.225 e. The predicted molar refractivity (Wildman–Crippen MR) is 93.7 cm³/mol. The van der Waals surface area contributed by atoms with E-state index in [-0.39, 0.29) is 17.9 Å². The van der Waals surface area contributed by atoms with Crippen LogP contribution in [0, 0.1) is 5.92 Å². The van der Waals surface area contributed by atoms with Gasteiger partial charge in [-0.25, -0.2) is 0 Å². The lowest BCUT2D eigenvalue weighted by Gasteiger charge is -2.20. The highest BCUT2D eigenvalue weighted by molar-refractivity contribution is 5.81. The number of nitrogens with one attached hydrogen (secondary N) is 2. The third-order valence-electron chi connectivity index (χ3n) is 4.16. The van der Waals surface area contributed by atoms with Crippen LogP contribution < -0.4 is 10.6 Å². The zero-order valence-electron chi connectivity index (χ0n) is 15.3. The first-order valence-corrected chi connectivity index (χ1v) is 8.62. The average molecular weight is 335 g/mol. The third kappa shape index (κ3) is 4.72. The summed E-state index contributed by atoms with van der Waals surface area (Å²) in [4.78, 5) is 18.2. The maximum atomic E-state index is 12.0. The fraction of sp³-hybridized carbons (Fsp3) is 0.706. The highest BCUT2D eigenvalue weighted by Crippen LogP contribution is 2.14. The number of rotatable bonds is 5. The Hall–Kier alpha value is -2.05. The van der Waals surface area contributed by atoms with Crippen LogP contribution in [0.1, 0.15) is 51.5 Å². The lowest BCUT2D eigenvalue weighted by atomic mass is 10.1. The van der Waals surface area contributed by atoms with Crippen molar-refractivity contribution in [2.45, 2.75) is 52.6 Å². The minimum absolute atomic E-state index is 0.0443. The Morgan fingerprint density at radius 1 is 1.46 bits per heavy atom. The van der Waals surface area contributed by atoms with Crippen LogP contribution in [-0.4, -0.2) is 48.1 Å². The van der Waals surface area contributed by atoms with Crippen molar-refractivity contribution < 1.29 is 9.32 Å². The molecule has 1 atom stereocenters. The minimum atomic E-state index is 0.0443. The van der Waals surface area contributed by atoms with E-state index in [9.17, 15) is 4.79 Å². The van der Waals surface area contributed by atoms with E-state index < -0.39 is 0 Å². The van der Waals surface area contributed by atoms with Crippen LogP contribution in [0.5, 0.6) is 0 Å². The Labute approximate surface area is 143 Å². The number of nitrogens with zero attached hydrogens (tertiary/aromatic N) is 3. The molecule has 0 spiro atoms. The number of amides is 1. The molecule has 1 aromatic heterocycles. The summed E-state index contributed by atoms with van der Waals surface area (Å²) < 4.78 is 5.32. The molecule has 7 nitrogen and oxygen atoms in total. The molecular weight excluding hydrogens is 306 g/mol. The van der Waals surface area contributed by atoms with E-state index in [1.807, 2.05) is 24.8 Å². The molecule has 0 aromatic carbocycles. The second-order valence-corrected chi connectivity index (χ2v) is 6.87. The number of guanidine groups is 1. The van der Waals surface area contributed by atoms with Gasteiger partial charge in [0.15, 0.2) is 11.7 Å². The monoisotopic (exact) mass is 335 g/mol. The maximum Gasteiger partial charge on any atom is 0.225 e. The van der Waals surface area contributed by atoms with E-state index in [0.29, 0.717) is 18.4 Å². The molecule has 134 valence electrons. The van der Waals surface area contributed by atoms with Crippen LogP contribution in [0.3, 0.4) is 0 Å². The van der Waals surface area contributed by atoms with Gasteiger partial charge in [0, 0.05) is 38.2 Å². The molecule has 2 rings (SSSR count). The molecule has 1 aromatic rings. The molecule has 0 bridgehead atoms. The Morgan fingerprint density at radius 3 is 2.79 bits per heavy atom. The van der Waals surface area contributed by atoms with Crippen molar-refractivity contribution in [1.29, 1.82) is 0 Å². The highest BCUT2D eigenvalue weighted by atomic mass is 16.5. The number of aromatic nitrogens is 1. The zero-order valence-corrected chi connectivity index (χ0v) is 15.3. The van der Waals surface area contributed by atoms with Crippen LogP contribution in [0.15, 0.2) is 15.6 Å². The van der Waals surface area contributed by atoms with Crippen molar-refractivity contribution in [3.63, 3.8) is 0 Å². The Balaban J connectivity index is 1.81. The summed E-state index contributed by atoms with van der Waals surface area (Å²) in [7, 11) is 1.74. The van der Waals surface area contributed by atoms with Crippen LogP contribution in [0.4, 0.5) is 0 Å². The summed E-state index contributed by atoms with van der Waals surface area (Å²) in [6, 6.07) is 2.18. The highest BCUT2D eigenvalue weighted by Gasteiger charge is 2.27. The first kappa shape index (κ1) is 18.3. The molecule has 7 heteroatoms. The van der Waals surface area contributed by atoms with Gasteiger partial charge in [0.2, 0.25) is 5.91 Å². The van der Waals surface area contributed by atoms with Crippen molar-refractivity contribution >= 4 is 11.9 Å². The molecule has 1 unspecified atom stereocenters. The Bertz CT molecular complexity index is 579. The van der Waals surface area contributed by atoms with Gasteiger partial charge in [0.25, 0.3) is 0 Å². The van der Waals surface area contributed by atoms with E-state index in [0.717, 1.165) is 31.0 Å².